The summed E-state index contributed by atoms with van der Waals surface area (Å²) in [6.45, 7) is 1.64. The first-order valence-corrected chi connectivity index (χ1v) is 11.8. The van der Waals surface area contributed by atoms with Crippen molar-refractivity contribution >= 4 is 40.3 Å². The first-order valence-electron chi connectivity index (χ1n) is 11.1. The minimum Gasteiger partial charge on any atom is -0.342 e. The fraction of sp³-hybridized carbons (Fsp3) is 0.500. The number of likely N-dealkylation sites (tertiary alicyclic amines) is 1. The van der Waals surface area contributed by atoms with E-state index in [0.717, 1.165) is 38.5 Å². The van der Waals surface area contributed by atoms with Crippen LogP contribution < -0.4 is 5.56 Å². The van der Waals surface area contributed by atoms with Crippen molar-refractivity contribution in [2.75, 3.05) is 13.1 Å². The number of fused-ring (bicyclic) bond motifs is 1. The molecular weight excluding hydrogens is 451 g/mol. The lowest BCUT2D eigenvalue weighted by molar-refractivity contribution is -0.136. The van der Waals surface area contributed by atoms with Crippen LogP contribution in [0.5, 0.6) is 0 Å². The Hall–Kier alpha value is -2.45. The van der Waals surface area contributed by atoms with Crippen LogP contribution in [-0.4, -0.2) is 48.9 Å². The summed E-state index contributed by atoms with van der Waals surface area (Å²) in [5.74, 6) is 1.17. The lowest BCUT2D eigenvalue weighted by atomic mass is 9.94. The number of carbonyl (C=O) groups excluding carboxylic acids is 1. The van der Waals surface area contributed by atoms with E-state index in [1.54, 1.807) is 22.9 Å². The van der Waals surface area contributed by atoms with Crippen molar-refractivity contribution in [2.24, 2.45) is 5.92 Å². The average Bonchev–Trinajstić information content (AvgIpc) is 3.47. The van der Waals surface area contributed by atoms with Crippen LogP contribution in [0.15, 0.2) is 23.0 Å². The molecule has 0 unspecified atom stereocenters. The van der Waals surface area contributed by atoms with Crippen LogP contribution in [0, 0.1) is 5.92 Å². The standard InChI is InChI=1S/C22H24Cl2N6O2/c23-16-6-3-7-17(24)15(16)12-30-20-18(27-28-30)21(31)26-19(25-20)13-8-10-29(11-9-13)22(32)14-4-1-2-5-14/h3,6-7,13-14H,1-2,4-5,8-12H2,(H,25,26,31). The lowest BCUT2D eigenvalue weighted by Crippen LogP contribution is -2.41. The third kappa shape index (κ3) is 4.01. The van der Waals surface area contributed by atoms with E-state index in [2.05, 4.69) is 15.3 Å². The molecular formula is C22H24Cl2N6O2. The van der Waals surface area contributed by atoms with E-state index in [1.807, 2.05) is 4.90 Å². The summed E-state index contributed by atoms with van der Waals surface area (Å²) < 4.78 is 1.56. The van der Waals surface area contributed by atoms with Gasteiger partial charge in [-0.05, 0) is 37.8 Å². The number of nitrogens with zero attached hydrogens (tertiary/aromatic N) is 5. The largest absolute Gasteiger partial charge is 0.342 e. The summed E-state index contributed by atoms with van der Waals surface area (Å²) in [4.78, 5) is 35.0. The predicted octanol–water partition coefficient (Wildman–Crippen LogP) is 3.77. The summed E-state index contributed by atoms with van der Waals surface area (Å²) in [5, 5.41) is 9.16. The summed E-state index contributed by atoms with van der Waals surface area (Å²) in [7, 11) is 0. The van der Waals surface area contributed by atoms with Gasteiger partial charge < -0.3 is 9.88 Å². The molecule has 0 spiro atoms. The maximum atomic E-state index is 12.7. The number of benzene rings is 1. The number of hydrogen-bond acceptors (Lipinski definition) is 5. The van der Waals surface area contributed by atoms with Gasteiger partial charge in [-0.3, -0.25) is 9.59 Å². The molecule has 0 atom stereocenters. The van der Waals surface area contributed by atoms with Crippen molar-refractivity contribution in [3.05, 3.63) is 50.0 Å². The Morgan fingerprint density at radius 2 is 1.78 bits per heavy atom. The highest BCUT2D eigenvalue weighted by atomic mass is 35.5. The molecule has 32 heavy (non-hydrogen) atoms. The molecule has 1 aliphatic carbocycles. The molecule has 1 aromatic carbocycles. The summed E-state index contributed by atoms with van der Waals surface area (Å²) in [6.07, 6.45) is 5.86. The van der Waals surface area contributed by atoms with Crippen LogP contribution in [0.25, 0.3) is 11.2 Å². The zero-order valence-corrected chi connectivity index (χ0v) is 19.1. The van der Waals surface area contributed by atoms with E-state index in [0.29, 0.717) is 40.2 Å². The molecule has 0 radical (unpaired) electrons. The van der Waals surface area contributed by atoms with E-state index in [1.165, 1.54) is 0 Å². The second kappa shape index (κ2) is 8.83. The number of rotatable bonds is 4. The highest BCUT2D eigenvalue weighted by molar-refractivity contribution is 6.36. The molecule has 2 fully saturated rings. The Bertz CT molecular complexity index is 1190. The predicted molar refractivity (Wildman–Crippen MR) is 122 cm³/mol. The van der Waals surface area contributed by atoms with Crippen molar-refractivity contribution in [1.29, 1.82) is 0 Å². The number of halogens is 2. The fourth-order valence-corrected chi connectivity index (χ4v) is 5.34. The van der Waals surface area contributed by atoms with Gasteiger partial charge in [0.1, 0.15) is 5.82 Å². The molecule has 1 saturated heterocycles. The molecule has 1 aliphatic heterocycles. The first kappa shape index (κ1) is 21.4. The van der Waals surface area contributed by atoms with Crippen molar-refractivity contribution in [1.82, 2.24) is 29.9 Å². The number of carbonyl (C=O) groups is 1. The van der Waals surface area contributed by atoms with Crippen molar-refractivity contribution in [3.8, 4) is 0 Å². The maximum Gasteiger partial charge on any atom is 0.281 e. The van der Waals surface area contributed by atoms with E-state index < -0.39 is 0 Å². The van der Waals surface area contributed by atoms with Crippen LogP contribution in [0.2, 0.25) is 10.0 Å². The van der Waals surface area contributed by atoms with Crippen molar-refractivity contribution in [3.63, 3.8) is 0 Å². The Morgan fingerprint density at radius 3 is 2.47 bits per heavy atom. The average molecular weight is 475 g/mol. The van der Waals surface area contributed by atoms with Gasteiger partial charge in [-0.1, -0.05) is 47.3 Å². The Morgan fingerprint density at radius 1 is 1.09 bits per heavy atom. The SMILES string of the molecule is O=C(C1CCCC1)N1CCC(c2nc3c(nnn3Cc3c(Cl)cccc3Cl)c(=O)[nH]2)CC1. The number of hydrogen-bond donors (Lipinski definition) is 1. The third-order valence-electron chi connectivity index (χ3n) is 6.66. The monoisotopic (exact) mass is 474 g/mol. The molecule has 10 heteroatoms. The van der Waals surface area contributed by atoms with Gasteiger partial charge in [0.05, 0.1) is 6.54 Å². The van der Waals surface area contributed by atoms with Gasteiger partial charge in [0.2, 0.25) is 5.91 Å². The number of aromatic amines is 1. The smallest absolute Gasteiger partial charge is 0.281 e. The van der Waals surface area contributed by atoms with Crippen LogP contribution in [0.4, 0.5) is 0 Å². The molecule has 5 rings (SSSR count). The van der Waals surface area contributed by atoms with Gasteiger partial charge in [0.25, 0.3) is 5.56 Å². The second-order valence-corrected chi connectivity index (χ2v) is 9.47. The molecule has 2 aromatic heterocycles. The van der Waals surface area contributed by atoms with Crippen LogP contribution in [0.3, 0.4) is 0 Å². The molecule has 8 nitrogen and oxygen atoms in total. The number of H-pyrrole nitrogens is 1. The molecule has 2 aliphatic rings. The van der Waals surface area contributed by atoms with E-state index in [4.69, 9.17) is 28.2 Å². The van der Waals surface area contributed by atoms with Crippen molar-refractivity contribution in [2.45, 2.75) is 51.0 Å². The highest BCUT2D eigenvalue weighted by Gasteiger charge is 2.31. The quantitative estimate of drug-likeness (QED) is 0.620. The zero-order valence-electron chi connectivity index (χ0n) is 17.6. The lowest BCUT2D eigenvalue weighted by Gasteiger charge is -2.33. The number of piperidine rings is 1. The highest BCUT2D eigenvalue weighted by Crippen LogP contribution is 2.31. The van der Waals surface area contributed by atoms with Gasteiger partial charge in [0, 0.05) is 40.5 Å². The number of aromatic nitrogens is 5. The molecule has 1 amide bonds. The zero-order chi connectivity index (χ0) is 22.2. The molecule has 1 N–H and O–H groups in total. The minimum absolute atomic E-state index is 0.0759. The summed E-state index contributed by atoms with van der Waals surface area (Å²) >= 11 is 12.6. The van der Waals surface area contributed by atoms with Crippen LogP contribution >= 0.6 is 23.2 Å². The van der Waals surface area contributed by atoms with Crippen molar-refractivity contribution < 1.29 is 4.79 Å². The third-order valence-corrected chi connectivity index (χ3v) is 7.37. The molecule has 3 heterocycles. The molecule has 1 saturated carbocycles. The van der Waals surface area contributed by atoms with E-state index in [9.17, 15) is 9.59 Å². The van der Waals surface area contributed by atoms with Gasteiger partial charge in [0.15, 0.2) is 11.2 Å². The first-order chi connectivity index (χ1) is 15.5. The fourth-order valence-electron chi connectivity index (χ4n) is 4.82. The van der Waals surface area contributed by atoms with E-state index >= 15 is 0 Å². The second-order valence-electron chi connectivity index (χ2n) is 8.65. The van der Waals surface area contributed by atoms with E-state index in [-0.39, 0.29) is 35.4 Å². The van der Waals surface area contributed by atoms with Gasteiger partial charge in [-0.15, -0.1) is 5.10 Å². The van der Waals surface area contributed by atoms with Gasteiger partial charge in [-0.2, -0.15) is 0 Å². The molecule has 168 valence electrons. The van der Waals surface area contributed by atoms with Gasteiger partial charge in [-0.25, -0.2) is 9.67 Å². The summed E-state index contributed by atoms with van der Waals surface area (Å²) in [6, 6.07) is 5.29. The minimum atomic E-state index is -0.314. The molecule has 3 aromatic rings. The Labute approximate surface area is 194 Å². The number of nitrogens with one attached hydrogen (secondary N) is 1. The maximum absolute atomic E-state index is 12.7. The van der Waals surface area contributed by atoms with Gasteiger partial charge >= 0.3 is 0 Å². The molecule has 0 bridgehead atoms. The normalized spacial score (nSPS) is 18.0. The Kier molecular flexibility index (Phi) is 5.90. The Balaban J connectivity index is 1.37. The topological polar surface area (TPSA) is 96.8 Å². The van der Waals surface area contributed by atoms with Crippen LogP contribution in [0.1, 0.15) is 55.8 Å². The summed E-state index contributed by atoms with van der Waals surface area (Å²) in [5.41, 5.74) is 0.978. The van der Waals surface area contributed by atoms with Crippen LogP contribution in [-0.2, 0) is 11.3 Å². The number of amides is 1.